The molecule has 1 fully saturated rings. The van der Waals surface area contributed by atoms with E-state index < -0.39 is 0 Å². The molecular weight excluding hydrogens is 172 g/mol. The molecule has 0 heterocycles. The van der Waals surface area contributed by atoms with Crippen LogP contribution in [0.3, 0.4) is 0 Å². The van der Waals surface area contributed by atoms with Crippen LogP contribution in [0.1, 0.15) is 65.2 Å². The van der Waals surface area contributed by atoms with Crippen molar-refractivity contribution < 1.29 is 4.79 Å². The lowest BCUT2D eigenvalue weighted by molar-refractivity contribution is -0.119. The maximum absolute atomic E-state index is 11.5. The Kier molecular flexibility index (Phi) is 5.21. The molecule has 0 radical (unpaired) electrons. The Balaban J connectivity index is 2.37. The average Bonchev–Trinajstić information content (AvgIpc) is 2.39. The first-order valence-corrected chi connectivity index (χ1v) is 6.27. The van der Waals surface area contributed by atoms with Gasteiger partial charge in [0.05, 0.1) is 0 Å². The highest BCUT2D eigenvalue weighted by Gasteiger charge is 2.19. The number of hydrogen-bond donors (Lipinski definition) is 0. The number of carbonyl (C=O) groups excluding carboxylic acids is 1. The van der Waals surface area contributed by atoms with Crippen molar-refractivity contribution in [1.82, 2.24) is 0 Å². The second kappa shape index (κ2) is 6.21. The lowest BCUT2D eigenvalue weighted by atomic mass is 9.86. The van der Waals surface area contributed by atoms with Crippen LogP contribution in [0.5, 0.6) is 0 Å². The van der Waals surface area contributed by atoms with Gasteiger partial charge in [-0.2, -0.15) is 0 Å². The fraction of sp³-hybridized carbons (Fsp3) is 0.923. The van der Waals surface area contributed by atoms with Gasteiger partial charge >= 0.3 is 0 Å². The van der Waals surface area contributed by atoms with Gasteiger partial charge in [0.15, 0.2) is 0 Å². The van der Waals surface area contributed by atoms with Gasteiger partial charge in [-0.25, -0.2) is 0 Å². The summed E-state index contributed by atoms with van der Waals surface area (Å²) in [4.78, 5) is 11.5. The number of Topliss-reactive ketones (excluding diaryl/α,β-unsaturated/α-hetero) is 1. The smallest absolute Gasteiger partial charge is 0.133 e. The zero-order chi connectivity index (χ0) is 10.4. The van der Waals surface area contributed by atoms with E-state index in [0.29, 0.717) is 11.7 Å². The third-order valence-electron chi connectivity index (χ3n) is 3.66. The Hall–Kier alpha value is -0.330. The molecule has 14 heavy (non-hydrogen) atoms. The molecule has 0 aromatic rings. The Morgan fingerprint density at radius 2 is 2.00 bits per heavy atom. The van der Waals surface area contributed by atoms with Gasteiger partial charge < -0.3 is 0 Å². The van der Waals surface area contributed by atoms with Crippen molar-refractivity contribution >= 4 is 5.78 Å². The quantitative estimate of drug-likeness (QED) is 0.622. The summed E-state index contributed by atoms with van der Waals surface area (Å²) in [6.45, 7) is 4.54. The zero-order valence-corrected chi connectivity index (χ0v) is 9.72. The second-order valence-electron chi connectivity index (χ2n) is 4.77. The zero-order valence-electron chi connectivity index (χ0n) is 9.72. The minimum Gasteiger partial charge on any atom is -0.300 e. The monoisotopic (exact) mass is 196 g/mol. The molecule has 82 valence electrons. The largest absolute Gasteiger partial charge is 0.300 e. The minimum absolute atomic E-state index is 0.512. The molecule has 0 aromatic carbocycles. The Bertz CT molecular complexity index is 170. The summed E-state index contributed by atoms with van der Waals surface area (Å²) in [5.74, 6) is 2.07. The molecule has 1 aliphatic carbocycles. The van der Waals surface area contributed by atoms with Gasteiger partial charge in [-0.15, -0.1) is 0 Å². The molecule has 1 unspecified atom stereocenters. The van der Waals surface area contributed by atoms with Crippen molar-refractivity contribution in [3.8, 4) is 0 Å². The number of carbonyl (C=O) groups is 1. The number of rotatable bonds is 4. The molecule has 0 saturated heterocycles. The molecule has 0 amide bonds. The average molecular weight is 196 g/mol. The Morgan fingerprint density at radius 1 is 1.29 bits per heavy atom. The molecule has 1 nitrogen and oxygen atoms in total. The van der Waals surface area contributed by atoms with E-state index >= 15 is 0 Å². The standard InChI is InChI=1S/C13H24O/c1-3-11(4-2)9-12-7-5-6-8-13(14)10-12/h11-12H,3-10H2,1-2H3. The molecule has 0 spiro atoms. The molecule has 1 saturated carbocycles. The first kappa shape index (κ1) is 11.7. The Labute approximate surface area is 88.3 Å². The van der Waals surface area contributed by atoms with Crippen LogP contribution in [0, 0.1) is 11.8 Å². The molecule has 0 aromatic heterocycles. The summed E-state index contributed by atoms with van der Waals surface area (Å²) in [6.07, 6.45) is 9.27. The van der Waals surface area contributed by atoms with Crippen LogP contribution >= 0.6 is 0 Å². The van der Waals surface area contributed by atoms with Gasteiger partial charge in [-0.05, 0) is 24.7 Å². The second-order valence-corrected chi connectivity index (χ2v) is 4.77. The normalized spacial score (nSPS) is 23.9. The summed E-state index contributed by atoms with van der Waals surface area (Å²) in [6, 6.07) is 0. The molecule has 0 N–H and O–H groups in total. The fourth-order valence-corrected chi connectivity index (χ4v) is 2.58. The Morgan fingerprint density at radius 3 is 2.64 bits per heavy atom. The molecule has 1 aliphatic rings. The van der Waals surface area contributed by atoms with Gasteiger partial charge in [-0.1, -0.05) is 39.5 Å². The van der Waals surface area contributed by atoms with Crippen LogP contribution in [-0.2, 0) is 4.79 Å². The van der Waals surface area contributed by atoms with E-state index in [0.717, 1.165) is 25.2 Å². The van der Waals surface area contributed by atoms with Crippen molar-refractivity contribution in [2.45, 2.75) is 65.2 Å². The minimum atomic E-state index is 0.512. The summed E-state index contributed by atoms with van der Waals surface area (Å²) in [5.41, 5.74) is 0. The third kappa shape index (κ3) is 3.81. The van der Waals surface area contributed by atoms with Crippen LogP contribution in [0.4, 0.5) is 0 Å². The third-order valence-corrected chi connectivity index (χ3v) is 3.66. The van der Waals surface area contributed by atoms with E-state index in [1.807, 2.05) is 0 Å². The molecule has 0 bridgehead atoms. The van der Waals surface area contributed by atoms with Gasteiger partial charge in [0.1, 0.15) is 5.78 Å². The summed E-state index contributed by atoms with van der Waals surface area (Å²) in [5, 5.41) is 0. The van der Waals surface area contributed by atoms with Crippen molar-refractivity contribution in [2.75, 3.05) is 0 Å². The molecule has 1 heteroatoms. The van der Waals surface area contributed by atoms with E-state index in [1.54, 1.807) is 0 Å². The van der Waals surface area contributed by atoms with Crippen molar-refractivity contribution in [3.63, 3.8) is 0 Å². The molecular formula is C13H24O. The van der Waals surface area contributed by atoms with E-state index in [1.165, 1.54) is 32.1 Å². The van der Waals surface area contributed by atoms with Crippen LogP contribution in [0.15, 0.2) is 0 Å². The molecule has 0 aliphatic heterocycles. The number of hydrogen-bond acceptors (Lipinski definition) is 1. The SMILES string of the molecule is CCC(CC)CC1CCCCC(=O)C1. The first-order valence-electron chi connectivity index (χ1n) is 6.27. The van der Waals surface area contributed by atoms with Crippen LogP contribution in [0.2, 0.25) is 0 Å². The maximum Gasteiger partial charge on any atom is 0.133 e. The summed E-state index contributed by atoms with van der Waals surface area (Å²) >= 11 is 0. The van der Waals surface area contributed by atoms with Gasteiger partial charge in [0.2, 0.25) is 0 Å². The van der Waals surface area contributed by atoms with E-state index in [2.05, 4.69) is 13.8 Å². The van der Waals surface area contributed by atoms with Crippen LogP contribution in [-0.4, -0.2) is 5.78 Å². The lowest BCUT2D eigenvalue weighted by Gasteiger charge is -2.19. The predicted molar refractivity (Wildman–Crippen MR) is 60.3 cm³/mol. The highest BCUT2D eigenvalue weighted by atomic mass is 16.1. The molecule has 1 rings (SSSR count). The highest BCUT2D eigenvalue weighted by Crippen LogP contribution is 2.28. The first-order chi connectivity index (χ1) is 6.76. The maximum atomic E-state index is 11.5. The lowest BCUT2D eigenvalue weighted by Crippen LogP contribution is -2.10. The van der Waals surface area contributed by atoms with E-state index in [9.17, 15) is 4.79 Å². The van der Waals surface area contributed by atoms with Crippen LogP contribution < -0.4 is 0 Å². The van der Waals surface area contributed by atoms with Crippen molar-refractivity contribution in [2.24, 2.45) is 11.8 Å². The summed E-state index contributed by atoms with van der Waals surface area (Å²) < 4.78 is 0. The topological polar surface area (TPSA) is 17.1 Å². The van der Waals surface area contributed by atoms with Crippen molar-refractivity contribution in [3.05, 3.63) is 0 Å². The highest BCUT2D eigenvalue weighted by molar-refractivity contribution is 5.78. The van der Waals surface area contributed by atoms with Gasteiger partial charge in [-0.3, -0.25) is 4.79 Å². The van der Waals surface area contributed by atoms with Crippen molar-refractivity contribution in [1.29, 1.82) is 0 Å². The summed E-state index contributed by atoms with van der Waals surface area (Å²) in [7, 11) is 0. The number of ketones is 1. The van der Waals surface area contributed by atoms with Gasteiger partial charge in [0.25, 0.3) is 0 Å². The fourth-order valence-electron chi connectivity index (χ4n) is 2.58. The van der Waals surface area contributed by atoms with Crippen LogP contribution in [0.25, 0.3) is 0 Å². The van der Waals surface area contributed by atoms with E-state index in [-0.39, 0.29) is 0 Å². The van der Waals surface area contributed by atoms with Gasteiger partial charge in [0, 0.05) is 12.8 Å². The molecule has 1 atom stereocenters. The van der Waals surface area contributed by atoms with E-state index in [4.69, 9.17) is 0 Å². The predicted octanol–water partition coefficient (Wildman–Crippen LogP) is 3.96.